The van der Waals surface area contributed by atoms with Crippen LogP contribution < -0.4 is 5.73 Å². The Balaban J connectivity index is 2.01. The third-order valence-corrected chi connectivity index (χ3v) is 5.98. The van der Waals surface area contributed by atoms with E-state index in [1.807, 2.05) is 13.8 Å². The number of nitrogens with two attached hydrogens (primary N) is 1. The van der Waals surface area contributed by atoms with Gasteiger partial charge in [-0.2, -0.15) is 0 Å². The molecular formula is C12H24N2O3S. The lowest BCUT2D eigenvalue weighted by atomic mass is 9.81. The minimum Gasteiger partial charge on any atom is -0.377 e. The predicted molar refractivity (Wildman–Crippen MR) is 70.7 cm³/mol. The minimum absolute atomic E-state index is 0.0756. The van der Waals surface area contributed by atoms with E-state index in [1.54, 1.807) is 4.31 Å². The lowest BCUT2D eigenvalue weighted by Gasteiger charge is -2.42. The summed E-state index contributed by atoms with van der Waals surface area (Å²) in [5, 5.41) is 0. The first-order valence-electron chi connectivity index (χ1n) is 6.66. The van der Waals surface area contributed by atoms with Crippen molar-refractivity contribution in [1.82, 2.24) is 4.31 Å². The summed E-state index contributed by atoms with van der Waals surface area (Å²) in [5.74, 6) is 0.123. The summed E-state index contributed by atoms with van der Waals surface area (Å²) < 4.78 is 31.7. The fraction of sp³-hybridized carbons (Fsp3) is 1.00. The first-order chi connectivity index (χ1) is 8.31. The average molecular weight is 276 g/mol. The Bertz CT molecular complexity index is 388. The number of rotatable bonds is 3. The van der Waals surface area contributed by atoms with Crippen LogP contribution in [0, 0.1) is 5.41 Å². The SMILES string of the molecule is CC1(C)CN(S(=O)(=O)CC2CCCO2)CCC1N. The van der Waals surface area contributed by atoms with Crippen LogP contribution in [-0.2, 0) is 14.8 Å². The number of piperidine rings is 1. The van der Waals surface area contributed by atoms with Crippen LogP contribution in [-0.4, -0.2) is 50.3 Å². The summed E-state index contributed by atoms with van der Waals surface area (Å²) in [5.41, 5.74) is 5.88. The van der Waals surface area contributed by atoms with Crippen LogP contribution in [0.1, 0.15) is 33.1 Å². The molecule has 106 valence electrons. The third kappa shape index (κ3) is 3.04. The van der Waals surface area contributed by atoms with Gasteiger partial charge in [0.1, 0.15) is 0 Å². The Morgan fingerprint density at radius 2 is 2.11 bits per heavy atom. The Labute approximate surface area is 110 Å². The van der Waals surface area contributed by atoms with Gasteiger partial charge in [-0.05, 0) is 24.7 Å². The van der Waals surface area contributed by atoms with E-state index in [4.69, 9.17) is 10.5 Å². The molecule has 2 aliphatic rings. The van der Waals surface area contributed by atoms with Crippen LogP contribution in [0.3, 0.4) is 0 Å². The van der Waals surface area contributed by atoms with Crippen molar-refractivity contribution in [2.75, 3.05) is 25.4 Å². The molecule has 0 aromatic rings. The first-order valence-corrected chi connectivity index (χ1v) is 8.27. The van der Waals surface area contributed by atoms with Crippen molar-refractivity contribution in [2.45, 2.75) is 45.3 Å². The Kier molecular flexibility index (Phi) is 4.02. The van der Waals surface area contributed by atoms with Gasteiger partial charge in [-0.15, -0.1) is 0 Å². The summed E-state index contributed by atoms with van der Waals surface area (Å²) in [4.78, 5) is 0. The number of sulfonamides is 1. The zero-order valence-electron chi connectivity index (χ0n) is 11.3. The molecule has 2 rings (SSSR count). The van der Waals surface area contributed by atoms with Crippen LogP contribution in [0.25, 0.3) is 0 Å². The van der Waals surface area contributed by atoms with Gasteiger partial charge in [-0.3, -0.25) is 0 Å². The van der Waals surface area contributed by atoms with Gasteiger partial charge in [-0.25, -0.2) is 12.7 Å². The fourth-order valence-corrected chi connectivity index (χ4v) is 4.53. The second-order valence-corrected chi connectivity index (χ2v) is 8.14. The highest BCUT2D eigenvalue weighted by atomic mass is 32.2. The zero-order valence-corrected chi connectivity index (χ0v) is 12.1. The van der Waals surface area contributed by atoms with Crippen molar-refractivity contribution < 1.29 is 13.2 Å². The molecule has 2 saturated heterocycles. The number of hydrogen-bond donors (Lipinski definition) is 1. The molecule has 2 unspecified atom stereocenters. The highest BCUT2D eigenvalue weighted by Crippen LogP contribution is 2.30. The van der Waals surface area contributed by atoms with E-state index in [0.717, 1.165) is 19.3 Å². The highest BCUT2D eigenvalue weighted by Gasteiger charge is 2.39. The standard InChI is InChI=1S/C12H24N2O3S/c1-12(2)9-14(6-5-11(12)13)18(15,16)8-10-4-3-7-17-10/h10-11H,3-9,13H2,1-2H3. The predicted octanol–water partition coefficient (Wildman–Crippen LogP) is 0.554. The first kappa shape index (κ1) is 14.2. The number of nitrogens with zero attached hydrogens (tertiary/aromatic N) is 1. The maximum Gasteiger partial charge on any atom is 0.216 e. The van der Waals surface area contributed by atoms with Gasteiger partial charge in [0.15, 0.2) is 0 Å². The average Bonchev–Trinajstić information content (AvgIpc) is 2.73. The fourth-order valence-electron chi connectivity index (χ4n) is 2.68. The molecule has 0 amide bonds. The minimum atomic E-state index is -3.21. The number of hydrogen-bond acceptors (Lipinski definition) is 4. The maximum atomic E-state index is 12.3. The van der Waals surface area contributed by atoms with Crippen molar-refractivity contribution >= 4 is 10.0 Å². The molecule has 0 aliphatic carbocycles. The second-order valence-electron chi connectivity index (χ2n) is 6.13. The van der Waals surface area contributed by atoms with Crippen LogP contribution in [0.4, 0.5) is 0 Å². The van der Waals surface area contributed by atoms with Crippen molar-refractivity contribution in [1.29, 1.82) is 0 Å². The Morgan fingerprint density at radius 1 is 1.39 bits per heavy atom. The third-order valence-electron chi connectivity index (χ3n) is 4.09. The molecule has 0 aromatic carbocycles. The Morgan fingerprint density at radius 3 is 2.67 bits per heavy atom. The van der Waals surface area contributed by atoms with Gasteiger partial charge in [0.05, 0.1) is 11.9 Å². The van der Waals surface area contributed by atoms with Crippen LogP contribution in [0.5, 0.6) is 0 Å². The molecule has 18 heavy (non-hydrogen) atoms. The van der Waals surface area contributed by atoms with Gasteiger partial charge in [0.2, 0.25) is 10.0 Å². The van der Waals surface area contributed by atoms with E-state index in [2.05, 4.69) is 0 Å². The summed E-state index contributed by atoms with van der Waals surface area (Å²) >= 11 is 0. The molecule has 2 atom stereocenters. The topological polar surface area (TPSA) is 72.6 Å². The normalized spacial score (nSPS) is 33.7. The highest BCUT2D eigenvalue weighted by molar-refractivity contribution is 7.89. The maximum absolute atomic E-state index is 12.3. The lowest BCUT2D eigenvalue weighted by molar-refractivity contribution is 0.122. The van der Waals surface area contributed by atoms with E-state index < -0.39 is 10.0 Å². The quantitative estimate of drug-likeness (QED) is 0.817. The molecule has 5 nitrogen and oxygen atoms in total. The van der Waals surface area contributed by atoms with E-state index in [0.29, 0.717) is 19.7 Å². The van der Waals surface area contributed by atoms with Crippen molar-refractivity contribution in [3.05, 3.63) is 0 Å². The lowest BCUT2D eigenvalue weighted by Crippen LogP contribution is -2.54. The van der Waals surface area contributed by atoms with E-state index in [1.165, 1.54) is 0 Å². The molecule has 0 bridgehead atoms. The molecule has 0 saturated carbocycles. The zero-order chi connectivity index (χ0) is 13.4. The van der Waals surface area contributed by atoms with Crippen LogP contribution in [0.2, 0.25) is 0 Å². The van der Waals surface area contributed by atoms with Gasteiger partial charge >= 0.3 is 0 Å². The summed E-state index contributed by atoms with van der Waals surface area (Å²) in [6, 6.07) is 0.0756. The summed E-state index contributed by atoms with van der Waals surface area (Å²) in [6.45, 7) is 5.82. The monoisotopic (exact) mass is 276 g/mol. The van der Waals surface area contributed by atoms with Crippen molar-refractivity contribution in [3.8, 4) is 0 Å². The smallest absolute Gasteiger partial charge is 0.216 e. The molecule has 2 fully saturated rings. The van der Waals surface area contributed by atoms with Crippen LogP contribution in [0.15, 0.2) is 0 Å². The van der Waals surface area contributed by atoms with E-state index in [-0.39, 0.29) is 23.3 Å². The molecule has 2 N–H and O–H groups in total. The molecule has 2 aliphatic heterocycles. The van der Waals surface area contributed by atoms with Crippen LogP contribution >= 0.6 is 0 Å². The Hall–Kier alpha value is -0.170. The van der Waals surface area contributed by atoms with Gasteiger partial charge in [0, 0.05) is 25.7 Å². The molecule has 0 spiro atoms. The molecule has 0 aromatic heterocycles. The molecule has 2 heterocycles. The second kappa shape index (κ2) is 5.07. The summed E-state index contributed by atoms with van der Waals surface area (Å²) in [6.07, 6.45) is 2.44. The van der Waals surface area contributed by atoms with Gasteiger partial charge in [0.25, 0.3) is 0 Å². The van der Waals surface area contributed by atoms with E-state index in [9.17, 15) is 8.42 Å². The van der Waals surface area contributed by atoms with Crippen molar-refractivity contribution in [2.24, 2.45) is 11.1 Å². The molecular weight excluding hydrogens is 252 g/mol. The van der Waals surface area contributed by atoms with Crippen molar-refractivity contribution in [3.63, 3.8) is 0 Å². The molecule has 0 radical (unpaired) electrons. The number of ether oxygens (including phenoxy) is 1. The van der Waals surface area contributed by atoms with E-state index >= 15 is 0 Å². The molecule has 6 heteroatoms. The largest absolute Gasteiger partial charge is 0.377 e. The summed E-state index contributed by atoms with van der Waals surface area (Å²) in [7, 11) is -3.21. The van der Waals surface area contributed by atoms with Gasteiger partial charge in [-0.1, -0.05) is 13.8 Å². The van der Waals surface area contributed by atoms with Gasteiger partial charge < -0.3 is 10.5 Å².